The average molecular weight is 426 g/mol. The van der Waals surface area contributed by atoms with E-state index in [1.54, 1.807) is 0 Å². The number of hydrogen-bond donors (Lipinski definition) is 1. The molecule has 2 atom stereocenters. The molecule has 4 nitrogen and oxygen atoms in total. The van der Waals surface area contributed by atoms with Crippen LogP contribution < -0.4 is 10.2 Å². The monoisotopic (exact) mass is 425 g/mol. The Bertz CT molecular complexity index is 1250. The highest BCUT2D eigenvalue weighted by molar-refractivity contribution is 6.01. The Morgan fingerprint density at radius 1 is 1.06 bits per heavy atom. The molecule has 0 saturated heterocycles. The number of amidine groups is 1. The van der Waals surface area contributed by atoms with Gasteiger partial charge in [-0.15, -0.1) is 0 Å². The lowest BCUT2D eigenvalue weighted by Gasteiger charge is -2.37. The molecule has 0 amide bonds. The zero-order valence-electron chi connectivity index (χ0n) is 19.6. The summed E-state index contributed by atoms with van der Waals surface area (Å²) in [4.78, 5) is 7.45. The number of benzene rings is 2. The second-order valence-electron chi connectivity index (χ2n) is 10.4. The third-order valence-electron chi connectivity index (χ3n) is 7.72. The van der Waals surface area contributed by atoms with Crippen LogP contribution in [-0.4, -0.2) is 19.9 Å². The second kappa shape index (κ2) is 6.74. The van der Waals surface area contributed by atoms with E-state index in [0.29, 0.717) is 0 Å². The van der Waals surface area contributed by atoms with Gasteiger partial charge in [-0.25, -0.2) is 0 Å². The Morgan fingerprint density at radius 2 is 1.84 bits per heavy atom. The van der Waals surface area contributed by atoms with Gasteiger partial charge in [0.05, 0.1) is 12.3 Å². The van der Waals surface area contributed by atoms with Crippen LogP contribution in [0.5, 0.6) is 0 Å². The molecule has 2 unspecified atom stereocenters. The van der Waals surface area contributed by atoms with Gasteiger partial charge in [-0.05, 0) is 78.1 Å². The largest absolute Gasteiger partial charge is 0.464 e. The molecule has 3 aromatic rings. The van der Waals surface area contributed by atoms with E-state index < -0.39 is 0 Å². The highest BCUT2D eigenvalue weighted by Gasteiger charge is 2.44. The molecule has 1 aromatic heterocycles. The first kappa shape index (κ1) is 19.7. The van der Waals surface area contributed by atoms with Gasteiger partial charge >= 0.3 is 0 Å². The molecule has 1 N–H and O–H groups in total. The molecule has 4 heteroatoms. The smallest absolute Gasteiger partial charge is 0.139 e. The molecule has 2 aromatic carbocycles. The molecule has 0 spiro atoms. The topological polar surface area (TPSA) is 40.8 Å². The van der Waals surface area contributed by atoms with Crippen LogP contribution in [0.15, 0.2) is 52.1 Å². The Morgan fingerprint density at radius 3 is 2.59 bits per heavy atom. The quantitative estimate of drug-likeness (QED) is 0.541. The first-order valence-electron chi connectivity index (χ1n) is 11.7. The van der Waals surface area contributed by atoms with Crippen LogP contribution in [0, 0.1) is 6.92 Å². The van der Waals surface area contributed by atoms with Crippen LogP contribution in [0.4, 0.5) is 5.69 Å². The minimum Gasteiger partial charge on any atom is -0.464 e. The molecule has 0 radical (unpaired) electrons. The normalized spacial score (nSPS) is 22.2. The van der Waals surface area contributed by atoms with Crippen molar-refractivity contribution < 1.29 is 4.42 Å². The standard InChI is InChI=1S/C28H31N3O/c1-16-15-32-26-20-12-13-21-19(7-6-14-28(21,2)3)23(20)25-24(22(16)26)29-27(30-25)17-8-10-18(11-9-17)31(4)5/h8-13,15,24-25H,6-7,14H2,1-5H3,(H,29,30). The molecule has 2 heterocycles. The fourth-order valence-electron chi connectivity index (χ4n) is 6.01. The van der Waals surface area contributed by atoms with Gasteiger partial charge in [0.1, 0.15) is 17.6 Å². The number of hydrogen-bond acceptors (Lipinski definition) is 4. The van der Waals surface area contributed by atoms with Crippen molar-refractivity contribution in [2.45, 2.75) is 57.5 Å². The summed E-state index contributed by atoms with van der Waals surface area (Å²) in [5.41, 5.74) is 10.6. The highest BCUT2D eigenvalue weighted by Crippen LogP contribution is 2.54. The van der Waals surface area contributed by atoms with Crippen LogP contribution in [0.3, 0.4) is 0 Å². The van der Waals surface area contributed by atoms with E-state index in [0.717, 1.165) is 23.6 Å². The second-order valence-corrected chi connectivity index (χ2v) is 10.4. The van der Waals surface area contributed by atoms with Crippen molar-refractivity contribution in [3.05, 3.63) is 76.0 Å². The molecule has 0 saturated carbocycles. The fourth-order valence-corrected chi connectivity index (χ4v) is 6.01. The molecular formula is C28H31N3O. The Balaban J connectivity index is 1.53. The Hall–Kier alpha value is -3.01. The number of fused-ring (bicyclic) bond motifs is 8. The van der Waals surface area contributed by atoms with Crippen molar-refractivity contribution in [2.24, 2.45) is 4.99 Å². The summed E-state index contributed by atoms with van der Waals surface area (Å²) in [6, 6.07) is 13.5. The maximum atomic E-state index is 6.15. The van der Waals surface area contributed by atoms with E-state index in [9.17, 15) is 0 Å². The summed E-state index contributed by atoms with van der Waals surface area (Å²) >= 11 is 0. The highest BCUT2D eigenvalue weighted by atomic mass is 16.3. The minimum atomic E-state index is 0.0844. The van der Waals surface area contributed by atoms with Gasteiger partial charge in [-0.3, -0.25) is 4.99 Å². The number of nitrogens with zero attached hydrogens (tertiary/aromatic N) is 2. The lowest BCUT2D eigenvalue weighted by molar-refractivity contribution is 0.426. The van der Waals surface area contributed by atoms with Gasteiger partial charge < -0.3 is 14.6 Å². The van der Waals surface area contributed by atoms with Crippen LogP contribution in [-0.2, 0) is 11.8 Å². The van der Waals surface area contributed by atoms with Crippen LogP contribution in [0.2, 0.25) is 0 Å². The van der Waals surface area contributed by atoms with E-state index in [2.05, 4.69) is 81.5 Å². The predicted octanol–water partition coefficient (Wildman–Crippen LogP) is 6.08. The van der Waals surface area contributed by atoms with E-state index in [4.69, 9.17) is 9.41 Å². The van der Waals surface area contributed by atoms with Crippen molar-refractivity contribution in [3.63, 3.8) is 0 Å². The molecule has 32 heavy (non-hydrogen) atoms. The number of aliphatic imine (C=N–C) groups is 1. The molecule has 0 bridgehead atoms. The zero-order chi connectivity index (χ0) is 22.2. The lowest BCUT2D eigenvalue weighted by atomic mass is 9.68. The maximum Gasteiger partial charge on any atom is 0.139 e. The van der Waals surface area contributed by atoms with Crippen molar-refractivity contribution >= 4 is 11.5 Å². The van der Waals surface area contributed by atoms with Gasteiger partial charge in [0.25, 0.3) is 0 Å². The van der Waals surface area contributed by atoms with Crippen molar-refractivity contribution in [1.29, 1.82) is 0 Å². The zero-order valence-corrected chi connectivity index (χ0v) is 19.6. The van der Waals surface area contributed by atoms with Gasteiger partial charge in [-0.1, -0.05) is 26.0 Å². The Labute approximate surface area is 190 Å². The number of aryl methyl sites for hydroxylation is 1. The lowest BCUT2D eigenvalue weighted by Crippen LogP contribution is -2.30. The minimum absolute atomic E-state index is 0.0844. The van der Waals surface area contributed by atoms with E-state index >= 15 is 0 Å². The van der Waals surface area contributed by atoms with Crippen LogP contribution in [0.1, 0.15) is 72.2 Å². The number of furan rings is 1. The third kappa shape index (κ3) is 2.71. The van der Waals surface area contributed by atoms with Crippen molar-refractivity contribution in [3.8, 4) is 11.3 Å². The number of nitrogens with one attached hydrogen (secondary N) is 1. The van der Waals surface area contributed by atoms with E-state index in [1.165, 1.54) is 51.9 Å². The van der Waals surface area contributed by atoms with Gasteiger partial charge in [0, 0.05) is 36.5 Å². The number of rotatable bonds is 2. The van der Waals surface area contributed by atoms with Gasteiger partial charge in [0.2, 0.25) is 0 Å². The van der Waals surface area contributed by atoms with E-state index in [-0.39, 0.29) is 17.5 Å². The SMILES string of the molecule is Cc1coc2c1C1NC(c3ccc(N(C)C)cc3)=NC1c1c-2ccc2c1CCCC2(C)C. The summed E-state index contributed by atoms with van der Waals surface area (Å²) in [6.07, 6.45) is 5.51. The predicted molar refractivity (Wildman–Crippen MR) is 131 cm³/mol. The third-order valence-corrected chi connectivity index (χ3v) is 7.72. The molecule has 164 valence electrons. The van der Waals surface area contributed by atoms with E-state index in [1.807, 2.05) is 6.26 Å². The summed E-state index contributed by atoms with van der Waals surface area (Å²) < 4.78 is 6.15. The fraction of sp³-hybridized carbons (Fsp3) is 0.393. The van der Waals surface area contributed by atoms with Crippen molar-refractivity contribution in [1.82, 2.24) is 5.32 Å². The molecule has 3 aliphatic rings. The maximum absolute atomic E-state index is 6.15. The van der Waals surface area contributed by atoms with Crippen LogP contribution in [0.25, 0.3) is 11.3 Å². The first-order chi connectivity index (χ1) is 15.3. The summed E-state index contributed by atoms with van der Waals surface area (Å²) in [5.74, 6) is 2.01. The van der Waals surface area contributed by atoms with Gasteiger partial charge in [0.15, 0.2) is 0 Å². The first-order valence-corrected chi connectivity index (χ1v) is 11.7. The molecule has 0 fully saturated rings. The summed E-state index contributed by atoms with van der Waals surface area (Å²) in [7, 11) is 4.14. The van der Waals surface area contributed by atoms with Crippen molar-refractivity contribution in [2.75, 3.05) is 19.0 Å². The number of anilines is 1. The molecular weight excluding hydrogens is 394 g/mol. The van der Waals surface area contributed by atoms with Crippen LogP contribution >= 0.6 is 0 Å². The molecule has 2 aliphatic carbocycles. The molecule has 1 aliphatic heterocycles. The van der Waals surface area contributed by atoms with Gasteiger partial charge in [-0.2, -0.15) is 0 Å². The summed E-state index contributed by atoms with van der Waals surface area (Å²) in [5, 5.41) is 3.79. The summed E-state index contributed by atoms with van der Waals surface area (Å²) in [6.45, 7) is 6.92. The Kier molecular flexibility index (Phi) is 4.14. The average Bonchev–Trinajstić information content (AvgIpc) is 3.37. The molecule has 6 rings (SSSR count).